The number of piperidine rings is 1. The number of nitrogens with one attached hydrogen (secondary N) is 1. The average molecular weight is 361 g/mol. The first-order chi connectivity index (χ1) is 12.1. The van der Waals surface area contributed by atoms with Crippen LogP contribution in [0.2, 0.25) is 5.02 Å². The van der Waals surface area contributed by atoms with E-state index in [0.717, 1.165) is 49.1 Å². The molecule has 1 aromatic heterocycles. The zero-order chi connectivity index (χ0) is 17.3. The number of halogens is 1. The van der Waals surface area contributed by atoms with Crippen molar-refractivity contribution in [3.63, 3.8) is 0 Å². The molecule has 2 fully saturated rings. The fourth-order valence-corrected chi connectivity index (χ4v) is 3.54. The Morgan fingerprint density at radius 2 is 1.88 bits per heavy atom. The molecule has 0 amide bonds. The first-order valence-electron chi connectivity index (χ1n) is 8.53. The summed E-state index contributed by atoms with van der Waals surface area (Å²) >= 11 is 6.05. The minimum Gasteiger partial charge on any atom is -0.356 e. The molecule has 7 heteroatoms. The van der Waals surface area contributed by atoms with E-state index in [0.29, 0.717) is 18.2 Å². The van der Waals surface area contributed by atoms with Gasteiger partial charge in [0.1, 0.15) is 17.5 Å². The van der Waals surface area contributed by atoms with Gasteiger partial charge in [0.15, 0.2) is 5.79 Å². The second kappa shape index (κ2) is 6.78. The molecule has 0 radical (unpaired) electrons. The minimum atomic E-state index is -0.375. The third-order valence-corrected chi connectivity index (χ3v) is 4.82. The number of aromatic nitrogens is 2. The van der Waals surface area contributed by atoms with E-state index >= 15 is 0 Å². The molecule has 2 aromatic rings. The van der Waals surface area contributed by atoms with E-state index in [-0.39, 0.29) is 5.79 Å². The molecule has 132 valence electrons. The van der Waals surface area contributed by atoms with Gasteiger partial charge in [-0.2, -0.15) is 0 Å². The maximum atomic E-state index is 6.05. The van der Waals surface area contributed by atoms with Gasteiger partial charge in [-0.05, 0) is 25.1 Å². The lowest BCUT2D eigenvalue weighted by atomic mass is 10.0. The number of hydrogen-bond acceptors (Lipinski definition) is 6. The molecule has 2 saturated heterocycles. The summed E-state index contributed by atoms with van der Waals surface area (Å²) in [4.78, 5) is 11.3. The van der Waals surface area contributed by atoms with Gasteiger partial charge in [-0.3, -0.25) is 0 Å². The lowest BCUT2D eigenvalue weighted by Gasteiger charge is -2.38. The number of nitrogens with zero attached hydrogens (tertiary/aromatic N) is 3. The predicted molar refractivity (Wildman–Crippen MR) is 97.6 cm³/mol. The summed E-state index contributed by atoms with van der Waals surface area (Å²) in [5.41, 5.74) is 0.905. The van der Waals surface area contributed by atoms with Gasteiger partial charge >= 0.3 is 0 Å². The highest BCUT2D eigenvalue weighted by Gasteiger charge is 2.40. The van der Waals surface area contributed by atoms with Crippen LogP contribution in [0.5, 0.6) is 0 Å². The average Bonchev–Trinajstić information content (AvgIpc) is 3.03. The third-order valence-electron chi connectivity index (χ3n) is 4.58. The number of benzene rings is 1. The first kappa shape index (κ1) is 16.6. The Balaban J connectivity index is 1.50. The topological polar surface area (TPSA) is 59.5 Å². The van der Waals surface area contributed by atoms with Gasteiger partial charge < -0.3 is 19.7 Å². The molecule has 6 nitrogen and oxygen atoms in total. The summed E-state index contributed by atoms with van der Waals surface area (Å²) < 4.78 is 11.6. The Morgan fingerprint density at radius 3 is 2.60 bits per heavy atom. The molecule has 25 heavy (non-hydrogen) atoms. The Labute approximate surface area is 152 Å². The van der Waals surface area contributed by atoms with Gasteiger partial charge in [-0.25, -0.2) is 9.97 Å². The van der Waals surface area contributed by atoms with Crippen molar-refractivity contribution in [1.82, 2.24) is 9.97 Å². The summed E-state index contributed by atoms with van der Waals surface area (Å²) in [6, 6.07) is 9.56. The molecule has 0 aliphatic carbocycles. The Morgan fingerprint density at radius 1 is 1.12 bits per heavy atom. The Hall–Kier alpha value is -1.89. The van der Waals surface area contributed by atoms with Crippen molar-refractivity contribution in [2.45, 2.75) is 25.6 Å². The Kier molecular flexibility index (Phi) is 4.50. The minimum absolute atomic E-state index is 0.375. The molecule has 3 heterocycles. The van der Waals surface area contributed by atoms with Crippen LogP contribution >= 0.6 is 11.6 Å². The molecule has 1 spiro atoms. The standard InChI is InChI=1S/C18H21ClN4O2/c1-13-20-16(22-15-4-2-3-14(19)11-15)12-17(21-13)23-7-5-18(6-8-23)24-9-10-25-18/h2-4,11-12H,5-10H2,1H3,(H,20,21,22). The van der Waals surface area contributed by atoms with Gasteiger partial charge in [0, 0.05) is 42.7 Å². The lowest BCUT2D eigenvalue weighted by molar-refractivity contribution is -0.169. The van der Waals surface area contributed by atoms with Crippen molar-refractivity contribution in [3.8, 4) is 0 Å². The van der Waals surface area contributed by atoms with Crippen molar-refractivity contribution in [3.05, 3.63) is 41.2 Å². The van der Waals surface area contributed by atoms with Gasteiger partial charge in [-0.1, -0.05) is 17.7 Å². The molecule has 2 aliphatic rings. The second-order valence-electron chi connectivity index (χ2n) is 6.39. The number of ether oxygens (including phenoxy) is 2. The van der Waals surface area contributed by atoms with Crippen molar-refractivity contribution in [1.29, 1.82) is 0 Å². The van der Waals surface area contributed by atoms with Crippen molar-refractivity contribution in [2.24, 2.45) is 0 Å². The van der Waals surface area contributed by atoms with Crippen LogP contribution in [0.1, 0.15) is 18.7 Å². The van der Waals surface area contributed by atoms with Crippen LogP contribution in [0.4, 0.5) is 17.3 Å². The number of aryl methyl sites for hydroxylation is 1. The lowest BCUT2D eigenvalue weighted by Crippen LogP contribution is -2.45. The number of hydrogen-bond donors (Lipinski definition) is 1. The van der Waals surface area contributed by atoms with Gasteiger partial charge in [-0.15, -0.1) is 0 Å². The number of rotatable bonds is 3. The largest absolute Gasteiger partial charge is 0.356 e. The zero-order valence-corrected chi connectivity index (χ0v) is 14.9. The smallest absolute Gasteiger partial charge is 0.171 e. The van der Waals surface area contributed by atoms with E-state index in [1.807, 2.05) is 37.3 Å². The summed E-state index contributed by atoms with van der Waals surface area (Å²) in [5.74, 6) is 2.04. The fraction of sp³-hybridized carbons (Fsp3) is 0.444. The Bertz CT molecular complexity index is 754. The highest BCUT2D eigenvalue weighted by molar-refractivity contribution is 6.30. The van der Waals surface area contributed by atoms with E-state index in [1.54, 1.807) is 0 Å². The molecule has 1 N–H and O–H groups in total. The molecule has 0 bridgehead atoms. The highest BCUT2D eigenvalue weighted by atomic mass is 35.5. The van der Waals surface area contributed by atoms with Crippen molar-refractivity contribution in [2.75, 3.05) is 36.5 Å². The van der Waals surface area contributed by atoms with Gasteiger partial charge in [0.05, 0.1) is 13.2 Å². The fourth-order valence-electron chi connectivity index (χ4n) is 3.35. The summed E-state index contributed by atoms with van der Waals surface area (Å²) in [5, 5.41) is 3.99. The summed E-state index contributed by atoms with van der Waals surface area (Å²) in [7, 11) is 0. The van der Waals surface area contributed by atoms with E-state index in [1.165, 1.54) is 0 Å². The van der Waals surface area contributed by atoms with E-state index in [9.17, 15) is 0 Å². The van der Waals surface area contributed by atoms with Crippen molar-refractivity contribution >= 4 is 28.9 Å². The van der Waals surface area contributed by atoms with E-state index in [4.69, 9.17) is 21.1 Å². The monoisotopic (exact) mass is 360 g/mol. The molecule has 0 atom stereocenters. The molecule has 4 rings (SSSR count). The van der Waals surface area contributed by atoms with Crippen LogP contribution in [-0.2, 0) is 9.47 Å². The summed E-state index contributed by atoms with van der Waals surface area (Å²) in [6.45, 7) is 5.00. The van der Waals surface area contributed by atoms with E-state index in [2.05, 4.69) is 20.2 Å². The second-order valence-corrected chi connectivity index (χ2v) is 6.83. The summed E-state index contributed by atoms with van der Waals surface area (Å²) in [6.07, 6.45) is 1.71. The third kappa shape index (κ3) is 3.71. The van der Waals surface area contributed by atoms with Crippen LogP contribution in [0.15, 0.2) is 30.3 Å². The number of anilines is 3. The molecular weight excluding hydrogens is 340 g/mol. The van der Waals surface area contributed by atoms with Crippen LogP contribution in [-0.4, -0.2) is 42.1 Å². The first-order valence-corrected chi connectivity index (χ1v) is 8.91. The van der Waals surface area contributed by atoms with Crippen LogP contribution in [0, 0.1) is 6.92 Å². The van der Waals surface area contributed by atoms with Crippen molar-refractivity contribution < 1.29 is 9.47 Å². The van der Waals surface area contributed by atoms with Gasteiger partial charge in [0.2, 0.25) is 0 Å². The highest BCUT2D eigenvalue weighted by Crippen LogP contribution is 2.33. The van der Waals surface area contributed by atoms with Crippen LogP contribution in [0.25, 0.3) is 0 Å². The van der Waals surface area contributed by atoms with Crippen LogP contribution in [0.3, 0.4) is 0 Å². The normalized spacial score (nSPS) is 19.4. The maximum absolute atomic E-state index is 6.05. The molecule has 1 aromatic carbocycles. The predicted octanol–water partition coefficient (Wildman–Crippen LogP) is 3.53. The molecule has 2 aliphatic heterocycles. The van der Waals surface area contributed by atoms with Crippen LogP contribution < -0.4 is 10.2 Å². The zero-order valence-electron chi connectivity index (χ0n) is 14.2. The molecular formula is C18H21ClN4O2. The SMILES string of the molecule is Cc1nc(Nc2cccc(Cl)c2)cc(N2CCC3(CC2)OCCO3)n1. The quantitative estimate of drug-likeness (QED) is 0.903. The van der Waals surface area contributed by atoms with E-state index < -0.39 is 0 Å². The maximum Gasteiger partial charge on any atom is 0.171 e. The molecule has 0 unspecified atom stereocenters. The van der Waals surface area contributed by atoms with Gasteiger partial charge in [0.25, 0.3) is 0 Å². The molecule has 0 saturated carbocycles.